The lowest BCUT2D eigenvalue weighted by molar-refractivity contribution is 0.278. The maximum absolute atomic E-state index is 6.37. The Kier molecular flexibility index (Phi) is 3.02. The molecule has 2 heteroatoms. The molecule has 3 rings (SSSR count). The lowest BCUT2D eigenvalue weighted by Crippen LogP contribution is -2.30. The van der Waals surface area contributed by atoms with Gasteiger partial charge in [-0.05, 0) is 60.9 Å². The number of fused-ring (bicyclic) bond motifs is 1. The van der Waals surface area contributed by atoms with E-state index in [1.54, 1.807) is 0 Å². The van der Waals surface area contributed by atoms with Gasteiger partial charge >= 0.3 is 0 Å². The third-order valence-electron chi connectivity index (χ3n) is 4.68. The molecule has 1 atom stereocenters. The van der Waals surface area contributed by atoms with E-state index in [0.717, 1.165) is 12.8 Å². The van der Waals surface area contributed by atoms with Gasteiger partial charge in [0.2, 0.25) is 0 Å². The van der Waals surface area contributed by atoms with E-state index in [4.69, 9.17) is 5.73 Å². The Morgan fingerprint density at radius 2 is 1.95 bits per heavy atom. The van der Waals surface area contributed by atoms with Gasteiger partial charge in [0, 0.05) is 23.6 Å². The van der Waals surface area contributed by atoms with Crippen LogP contribution in [0, 0.1) is 19.3 Å². The van der Waals surface area contributed by atoms with Crippen molar-refractivity contribution in [2.75, 3.05) is 0 Å². The van der Waals surface area contributed by atoms with E-state index < -0.39 is 0 Å². The molecule has 1 heterocycles. The molecule has 106 valence electrons. The highest BCUT2D eigenvalue weighted by molar-refractivity contribution is 5.48. The Labute approximate surface area is 121 Å². The standard InChI is InChI=1S/C18H24N2/c1-12-6-5-7-16(13(12)2)20-9-8-14-15(19)10-18(3,4)11-17(14)20/h5-9,15H,10-11,19H2,1-4H3. The second-order valence-electron chi connectivity index (χ2n) is 6.96. The van der Waals surface area contributed by atoms with E-state index in [2.05, 4.69) is 62.7 Å². The van der Waals surface area contributed by atoms with Crippen molar-refractivity contribution in [3.8, 4) is 5.69 Å². The van der Waals surface area contributed by atoms with Gasteiger partial charge in [0.1, 0.15) is 0 Å². The summed E-state index contributed by atoms with van der Waals surface area (Å²) in [4.78, 5) is 0. The van der Waals surface area contributed by atoms with Gasteiger partial charge in [-0.15, -0.1) is 0 Å². The number of rotatable bonds is 1. The monoisotopic (exact) mass is 268 g/mol. The predicted molar refractivity (Wildman–Crippen MR) is 84.3 cm³/mol. The fraction of sp³-hybridized carbons (Fsp3) is 0.444. The molecular formula is C18H24N2. The number of aromatic nitrogens is 1. The molecule has 2 nitrogen and oxygen atoms in total. The van der Waals surface area contributed by atoms with Crippen LogP contribution in [0.1, 0.15) is 48.7 Å². The van der Waals surface area contributed by atoms with Crippen LogP contribution in [0.5, 0.6) is 0 Å². The molecule has 0 amide bonds. The summed E-state index contributed by atoms with van der Waals surface area (Å²) in [6, 6.07) is 8.88. The largest absolute Gasteiger partial charge is 0.324 e. The molecule has 0 saturated heterocycles. The number of hydrogen-bond donors (Lipinski definition) is 1. The summed E-state index contributed by atoms with van der Waals surface area (Å²) in [5.74, 6) is 0. The van der Waals surface area contributed by atoms with Crippen molar-refractivity contribution in [1.82, 2.24) is 4.57 Å². The first-order valence-corrected chi connectivity index (χ1v) is 7.41. The lowest BCUT2D eigenvalue weighted by Gasteiger charge is -2.34. The van der Waals surface area contributed by atoms with Crippen LogP contribution in [0.15, 0.2) is 30.5 Å². The fourth-order valence-corrected chi connectivity index (χ4v) is 3.46. The van der Waals surface area contributed by atoms with Gasteiger partial charge < -0.3 is 10.3 Å². The Balaban J connectivity index is 2.16. The highest BCUT2D eigenvalue weighted by Gasteiger charge is 2.32. The van der Waals surface area contributed by atoms with Crippen molar-refractivity contribution < 1.29 is 0 Å². The minimum Gasteiger partial charge on any atom is -0.324 e. The van der Waals surface area contributed by atoms with E-state index >= 15 is 0 Å². The zero-order valence-corrected chi connectivity index (χ0v) is 12.9. The van der Waals surface area contributed by atoms with Gasteiger partial charge in [0.15, 0.2) is 0 Å². The fourth-order valence-electron chi connectivity index (χ4n) is 3.46. The van der Waals surface area contributed by atoms with Crippen molar-refractivity contribution in [1.29, 1.82) is 0 Å². The van der Waals surface area contributed by atoms with E-state index in [0.29, 0.717) is 0 Å². The molecule has 0 spiro atoms. The summed E-state index contributed by atoms with van der Waals surface area (Å²) in [5, 5.41) is 0. The van der Waals surface area contributed by atoms with Gasteiger partial charge in [-0.1, -0.05) is 26.0 Å². The summed E-state index contributed by atoms with van der Waals surface area (Å²) in [5.41, 5.74) is 13.3. The quantitative estimate of drug-likeness (QED) is 0.830. The predicted octanol–water partition coefficient (Wildman–Crippen LogP) is 4.07. The summed E-state index contributed by atoms with van der Waals surface area (Å²) < 4.78 is 2.35. The van der Waals surface area contributed by atoms with Crippen LogP contribution < -0.4 is 5.73 Å². The summed E-state index contributed by atoms with van der Waals surface area (Å²) in [6.45, 7) is 9.00. The van der Waals surface area contributed by atoms with E-state index in [1.165, 1.54) is 28.1 Å². The Morgan fingerprint density at radius 1 is 1.20 bits per heavy atom. The minimum atomic E-state index is 0.167. The summed E-state index contributed by atoms with van der Waals surface area (Å²) >= 11 is 0. The number of benzene rings is 1. The third-order valence-corrected chi connectivity index (χ3v) is 4.68. The van der Waals surface area contributed by atoms with Crippen molar-refractivity contribution in [2.24, 2.45) is 11.1 Å². The van der Waals surface area contributed by atoms with Crippen molar-refractivity contribution in [2.45, 2.75) is 46.6 Å². The van der Waals surface area contributed by atoms with Gasteiger partial charge in [-0.3, -0.25) is 0 Å². The molecule has 1 aromatic carbocycles. The second-order valence-corrected chi connectivity index (χ2v) is 6.96. The first-order valence-electron chi connectivity index (χ1n) is 7.41. The number of aryl methyl sites for hydroxylation is 1. The maximum Gasteiger partial charge on any atom is 0.0484 e. The normalized spacial score (nSPS) is 20.8. The van der Waals surface area contributed by atoms with Crippen LogP contribution in [0.2, 0.25) is 0 Å². The molecule has 20 heavy (non-hydrogen) atoms. The topological polar surface area (TPSA) is 30.9 Å². The summed E-state index contributed by atoms with van der Waals surface area (Å²) in [6.07, 6.45) is 4.35. The molecule has 0 aliphatic heterocycles. The van der Waals surface area contributed by atoms with Crippen LogP contribution in [0.25, 0.3) is 5.69 Å². The highest BCUT2D eigenvalue weighted by Crippen LogP contribution is 2.41. The molecule has 1 aromatic heterocycles. The zero-order valence-electron chi connectivity index (χ0n) is 12.9. The van der Waals surface area contributed by atoms with E-state index in [-0.39, 0.29) is 11.5 Å². The van der Waals surface area contributed by atoms with Crippen LogP contribution >= 0.6 is 0 Å². The Bertz CT molecular complexity index is 649. The Hall–Kier alpha value is -1.54. The molecule has 0 fully saturated rings. The minimum absolute atomic E-state index is 0.167. The molecule has 0 radical (unpaired) electrons. The SMILES string of the molecule is Cc1cccc(-n2ccc3c2CC(C)(C)CC3N)c1C. The molecule has 2 N–H and O–H groups in total. The van der Waals surface area contributed by atoms with Crippen LogP contribution in [-0.4, -0.2) is 4.57 Å². The molecule has 0 saturated carbocycles. The van der Waals surface area contributed by atoms with Gasteiger partial charge in [0.25, 0.3) is 0 Å². The third kappa shape index (κ3) is 2.08. The smallest absolute Gasteiger partial charge is 0.0484 e. The molecule has 2 aromatic rings. The van der Waals surface area contributed by atoms with Crippen LogP contribution in [0.3, 0.4) is 0 Å². The van der Waals surface area contributed by atoms with E-state index in [9.17, 15) is 0 Å². The average Bonchev–Trinajstić information content (AvgIpc) is 2.75. The van der Waals surface area contributed by atoms with Crippen LogP contribution in [0.4, 0.5) is 0 Å². The maximum atomic E-state index is 6.37. The van der Waals surface area contributed by atoms with Gasteiger partial charge in [-0.2, -0.15) is 0 Å². The number of nitrogens with two attached hydrogens (primary N) is 1. The molecule has 1 unspecified atom stereocenters. The van der Waals surface area contributed by atoms with Crippen molar-refractivity contribution in [3.63, 3.8) is 0 Å². The molecule has 1 aliphatic rings. The van der Waals surface area contributed by atoms with Crippen molar-refractivity contribution in [3.05, 3.63) is 52.8 Å². The van der Waals surface area contributed by atoms with E-state index in [1.807, 2.05) is 0 Å². The Morgan fingerprint density at radius 3 is 2.70 bits per heavy atom. The first kappa shape index (κ1) is 13.4. The van der Waals surface area contributed by atoms with Gasteiger partial charge in [-0.25, -0.2) is 0 Å². The number of hydrogen-bond acceptors (Lipinski definition) is 1. The van der Waals surface area contributed by atoms with Gasteiger partial charge in [0.05, 0.1) is 0 Å². The molecule has 0 bridgehead atoms. The molecular weight excluding hydrogens is 244 g/mol. The highest BCUT2D eigenvalue weighted by atomic mass is 15.0. The number of nitrogens with zero attached hydrogens (tertiary/aromatic N) is 1. The first-order chi connectivity index (χ1) is 9.39. The molecule has 1 aliphatic carbocycles. The zero-order chi connectivity index (χ0) is 14.5. The second kappa shape index (κ2) is 4.49. The summed E-state index contributed by atoms with van der Waals surface area (Å²) in [7, 11) is 0. The average molecular weight is 268 g/mol. The lowest BCUT2D eigenvalue weighted by atomic mass is 9.74. The van der Waals surface area contributed by atoms with Crippen LogP contribution in [-0.2, 0) is 6.42 Å². The van der Waals surface area contributed by atoms with Crippen molar-refractivity contribution >= 4 is 0 Å².